The zero-order valence-electron chi connectivity index (χ0n) is 11.6. The van der Waals surface area contributed by atoms with Gasteiger partial charge in [-0.05, 0) is 12.1 Å². The highest BCUT2D eigenvalue weighted by Crippen LogP contribution is 2.22. The van der Waals surface area contributed by atoms with Crippen LogP contribution in [0.1, 0.15) is 5.56 Å². The van der Waals surface area contributed by atoms with Crippen LogP contribution < -0.4 is 15.4 Å². The van der Waals surface area contributed by atoms with Crippen molar-refractivity contribution in [2.24, 2.45) is 0 Å². The van der Waals surface area contributed by atoms with Gasteiger partial charge in [0.25, 0.3) is 0 Å². The SMILES string of the molecule is COc1cc(NC(=O)Nc2cc(F)cc(F)c2CO)ccn1. The summed E-state index contributed by atoms with van der Waals surface area (Å²) in [5, 5.41) is 13.8. The van der Waals surface area contributed by atoms with Gasteiger partial charge in [0.1, 0.15) is 11.6 Å². The number of methoxy groups -OCH3 is 1. The van der Waals surface area contributed by atoms with Gasteiger partial charge in [-0.1, -0.05) is 0 Å². The zero-order chi connectivity index (χ0) is 16.1. The molecule has 6 nitrogen and oxygen atoms in total. The van der Waals surface area contributed by atoms with Crippen molar-refractivity contribution in [3.63, 3.8) is 0 Å². The summed E-state index contributed by atoms with van der Waals surface area (Å²) < 4.78 is 31.6. The summed E-state index contributed by atoms with van der Waals surface area (Å²) >= 11 is 0. The predicted molar refractivity (Wildman–Crippen MR) is 75.7 cm³/mol. The summed E-state index contributed by atoms with van der Waals surface area (Å²) in [6, 6.07) is 3.80. The number of rotatable bonds is 4. The average Bonchev–Trinajstić information content (AvgIpc) is 2.47. The number of anilines is 2. The van der Waals surface area contributed by atoms with Crippen LogP contribution in [-0.2, 0) is 6.61 Å². The smallest absolute Gasteiger partial charge is 0.323 e. The first-order valence-electron chi connectivity index (χ1n) is 6.20. The lowest BCUT2D eigenvalue weighted by Crippen LogP contribution is -2.21. The molecule has 116 valence electrons. The molecular weight excluding hydrogens is 296 g/mol. The number of aromatic nitrogens is 1. The summed E-state index contributed by atoms with van der Waals surface area (Å²) in [4.78, 5) is 15.7. The molecule has 22 heavy (non-hydrogen) atoms. The molecule has 2 amide bonds. The largest absolute Gasteiger partial charge is 0.481 e. The number of nitrogens with one attached hydrogen (secondary N) is 2. The molecule has 0 saturated carbocycles. The molecule has 3 N–H and O–H groups in total. The number of hydrogen-bond donors (Lipinski definition) is 3. The number of halogens is 2. The van der Waals surface area contributed by atoms with E-state index in [1.807, 2.05) is 0 Å². The third kappa shape index (κ3) is 3.67. The van der Waals surface area contributed by atoms with Crippen LogP contribution >= 0.6 is 0 Å². The van der Waals surface area contributed by atoms with E-state index in [4.69, 9.17) is 9.84 Å². The average molecular weight is 309 g/mol. The molecule has 0 aliphatic carbocycles. The molecule has 0 aliphatic rings. The van der Waals surface area contributed by atoms with Crippen molar-refractivity contribution in [2.45, 2.75) is 6.61 Å². The van der Waals surface area contributed by atoms with Crippen LogP contribution in [0.25, 0.3) is 0 Å². The van der Waals surface area contributed by atoms with Crippen molar-refractivity contribution in [2.75, 3.05) is 17.7 Å². The van der Waals surface area contributed by atoms with Crippen LogP contribution in [0.3, 0.4) is 0 Å². The van der Waals surface area contributed by atoms with E-state index in [-0.39, 0.29) is 11.3 Å². The fourth-order valence-corrected chi connectivity index (χ4v) is 1.76. The molecule has 1 heterocycles. The lowest BCUT2D eigenvalue weighted by Gasteiger charge is -2.12. The van der Waals surface area contributed by atoms with Crippen LogP contribution in [0.2, 0.25) is 0 Å². The lowest BCUT2D eigenvalue weighted by atomic mass is 10.1. The number of hydrogen-bond acceptors (Lipinski definition) is 4. The fraction of sp³-hybridized carbons (Fsp3) is 0.143. The van der Waals surface area contributed by atoms with Gasteiger partial charge in [-0.2, -0.15) is 0 Å². The maximum absolute atomic E-state index is 13.5. The third-order valence-electron chi connectivity index (χ3n) is 2.77. The Morgan fingerprint density at radius 3 is 2.77 bits per heavy atom. The molecular formula is C14H13F2N3O3. The minimum Gasteiger partial charge on any atom is -0.481 e. The Bertz CT molecular complexity index is 695. The van der Waals surface area contributed by atoms with Crippen molar-refractivity contribution in [3.05, 3.63) is 47.7 Å². The molecule has 0 unspecified atom stereocenters. The first kappa shape index (κ1) is 15.6. The number of pyridine rings is 1. The van der Waals surface area contributed by atoms with Gasteiger partial charge in [-0.3, -0.25) is 0 Å². The van der Waals surface area contributed by atoms with Crippen molar-refractivity contribution in [3.8, 4) is 5.88 Å². The Labute approximate surface area is 124 Å². The number of aliphatic hydroxyl groups excluding tert-OH is 1. The summed E-state index contributed by atoms with van der Waals surface area (Å²) in [6.45, 7) is -0.676. The normalized spacial score (nSPS) is 10.2. The number of benzene rings is 1. The second-order valence-corrected chi connectivity index (χ2v) is 4.24. The van der Waals surface area contributed by atoms with Gasteiger partial charge >= 0.3 is 6.03 Å². The molecule has 0 spiro atoms. The Morgan fingerprint density at radius 1 is 1.32 bits per heavy atom. The molecule has 0 fully saturated rings. The number of amides is 2. The number of carbonyl (C=O) groups excluding carboxylic acids is 1. The van der Waals surface area contributed by atoms with E-state index in [2.05, 4.69) is 15.6 Å². The van der Waals surface area contributed by atoms with Gasteiger partial charge in [0.2, 0.25) is 5.88 Å². The standard InChI is InChI=1S/C14H13F2N3O3/c1-22-13-6-9(2-3-17-13)18-14(21)19-12-5-8(15)4-11(16)10(12)7-20/h2-6,20H,7H2,1H3,(H2,17,18,19,21). The second kappa shape index (κ2) is 6.81. The molecule has 0 atom stereocenters. The summed E-state index contributed by atoms with van der Waals surface area (Å²) in [7, 11) is 1.43. The van der Waals surface area contributed by atoms with E-state index in [1.54, 1.807) is 0 Å². The minimum atomic E-state index is -0.941. The molecule has 8 heteroatoms. The van der Waals surface area contributed by atoms with Crippen LogP contribution in [-0.4, -0.2) is 23.2 Å². The molecule has 0 bridgehead atoms. The van der Waals surface area contributed by atoms with Gasteiger partial charge in [-0.15, -0.1) is 0 Å². The summed E-state index contributed by atoms with van der Waals surface area (Å²) in [5.74, 6) is -1.51. The molecule has 0 radical (unpaired) electrons. The van der Waals surface area contributed by atoms with E-state index in [0.717, 1.165) is 6.07 Å². The number of ether oxygens (including phenoxy) is 1. The molecule has 0 saturated heterocycles. The van der Waals surface area contributed by atoms with Crippen molar-refractivity contribution >= 4 is 17.4 Å². The monoisotopic (exact) mass is 309 g/mol. The van der Waals surface area contributed by atoms with E-state index < -0.39 is 24.3 Å². The van der Waals surface area contributed by atoms with Crippen LogP contribution in [0.5, 0.6) is 5.88 Å². The first-order valence-corrected chi connectivity index (χ1v) is 6.20. The first-order chi connectivity index (χ1) is 10.5. The molecule has 2 rings (SSSR count). The Kier molecular flexibility index (Phi) is 4.84. The van der Waals surface area contributed by atoms with Gasteiger partial charge in [0.05, 0.1) is 19.4 Å². The van der Waals surface area contributed by atoms with Gasteiger partial charge in [-0.25, -0.2) is 18.6 Å². The quantitative estimate of drug-likeness (QED) is 0.810. The second-order valence-electron chi connectivity index (χ2n) is 4.24. The van der Waals surface area contributed by atoms with Crippen molar-refractivity contribution in [1.29, 1.82) is 0 Å². The van der Waals surface area contributed by atoms with Crippen molar-refractivity contribution in [1.82, 2.24) is 4.98 Å². The number of carbonyl (C=O) groups is 1. The Morgan fingerprint density at radius 2 is 2.09 bits per heavy atom. The van der Waals surface area contributed by atoms with E-state index in [1.165, 1.54) is 25.4 Å². The maximum atomic E-state index is 13.5. The number of nitrogens with zero attached hydrogens (tertiary/aromatic N) is 1. The number of aliphatic hydroxyl groups is 1. The third-order valence-corrected chi connectivity index (χ3v) is 2.77. The lowest BCUT2D eigenvalue weighted by molar-refractivity contribution is 0.261. The highest BCUT2D eigenvalue weighted by molar-refractivity contribution is 6.00. The number of urea groups is 1. The van der Waals surface area contributed by atoms with Crippen LogP contribution in [0.4, 0.5) is 25.0 Å². The fourth-order valence-electron chi connectivity index (χ4n) is 1.76. The van der Waals surface area contributed by atoms with Gasteiger partial charge in [0, 0.05) is 29.6 Å². The predicted octanol–water partition coefficient (Wildman–Crippen LogP) is 2.50. The highest BCUT2D eigenvalue weighted by atomic mass is 19.1. The molecule has 1 aromatic carbocycles. The minimum absolute atomic E-state index is 0.154. The Hall–Kier alpha value is -2.74. The van der Waals surface area contributed by atoms with Crippen LogP contribution in [0, 0.1) is 11.6 Å². The zero-order valence-corrected chi connectivity index (χ0v) is 11.6. The van der Waals surface area contributed by atoms with Gasteiger partial charge in [0.15, 0.2) is 0 Å². The van der Waals surface area contributed by atoms with Gasteiger partial charge < -0.3 is 20.5 Å². The highest BCUT2D eigenvalue weighted by Gasteiger charge is 2.13. The van der Waals surface area contributed by atoms with Crippen molar-refractivity contribution < 1.29 is 23.4 Å². The maximum Gasteiger partial charge on any atom is 0.323 e. The summed E-state index contributed by atoms with van der Waals surface area (Å²) in [6.07, 6.45) is 1.43. The van der Waals surface area contributed by atoms with E-state index >= 15 is 0 Å². The van der Waals surface area contributed by atoms with E-state index in [9.17, 15) is 13.6 Å². The molecule has 0 aliphatic heterocycles. The molecule has 2 aromatic rings. The van der Waals surface area contributed by atoms with Crippen LogP contribution in [0.15, 0.2) is 30.5 Å². The molecule has 1 aromatic heterocycles. The van der Waals surface area contributed by atoms with E-state index in [0.29, 0.717) is 17.6 Å². The Balaban J connectivity index is 2.15. The summed E-state index contributed by atoms with van der Waals surface area (Å²) in [5.41, 5.74) is 0.0224. The topological polar surface area (TPSA) is 83.5 Å².